The summed E-state index contributed by atoms with van der Waals surface area (Å²) >= 11 is 4.98. The molecule has 3 aromatic rings. The molecule has 0 spiro atoms. The smallest absolute Gasteiger partial charge is 0.276 e. The summed E-state index contributed by atoms with van der Waals surface area (Å²) in [7, 11) is 0. The Morgan fingerprint density at radius 1 is 1.12 bits per heavy atom. The summed E-state index contributed by atoms with van der Waals surface area (Å²) in [5.74, 6) is 2.18. The van der Waals surface area contributed by atoms with Crippen molar-refractivity contribution >= 4 is 27.7 Å². The third-order valence-corrected chi connectivity index (χ3v) is 4.90. The molecular weight excluding hydrogens is 388 g/mol. The van der Waals surface area contributed by atoms with Crippen molar-refractivity contribution < 1.29 is 9.15 Å². The Morgan fingerprint density at radius 3 is 2.79 bits per heavy atom. The monoisotopic (exact) mass is 404 g/mol. The van der Waals surface area contributed by atoms with Gasteiger partial charge >= 0.3 is 0 Å². The number of ether oxygens (including phenoxy) is 1. The van der Waals surface area contributed by atoms with Gasteiger partial charge in [0.1, 0.15) is 5.75 Å². The highest BCUT2D eigenvalue weighted by atomic mass is 79.9. The first-order chi connectivity index (χ1) is 11.6. The average Bonchev–Trinajstić information content (AvgIpc) is 3.04. The second-order valence-electron chi connectivity index (χ2n) is 5.32. The third-order valence-electron chi connectivity index (χ3n) is 3.42. The van der Waals surface area contributed by atoms with E-state index in [0.29, 0.717) is 17.7 Å². The number of aryl methyl sites for hydroxylation is 2. The van der Waals surface area contributed by atoms with Gasteiger partial charge in [-0.1, -0.05) is 36.0 Å². The highest BCUT2D eigenvalue weighted by molar-refractivity contribution is 9.10. The van der Waals surface area contributed by atoms with Crippen LogP contribution in [-0.2, 0) is 0 Å². The lowest BCUT2D eigenvalue weighted by Crippen LogP contribution is -2.01. The summed E-state index contributed by atoms with van der Waals surface area (Å²) in [5, 5.41) is 8.73. The van der Waals surface area contributed by atoms with Crippen molar-refractivity contribution in [1.82, 2.24) is 10.2 Å². The summed E-state index contributed by atoms with van der Waals surface area (Å²) in [4.78, 5) is 0. The van der Waals surface area contributed by atoms with E-state index in [0.717, 1.165) is 27.1 Å². The molecule has 1 aromatic heterocycles. The zero-order valence-electron chi connectivity index (χ0n) is 13.5. The van der Waals surface area contributed by atoms with Crippen molar-refractivity contribution in [2.45, 2.75) is 19.1 Å². The predicted molar refractivity (Wildman–Crippen MR) is 99.6 cm³/mol. The van der Waals surface area contributed by atoms with Crippen LogP contribution in [0.5, 0.6) is 5.75 Å². The van der Waals surface area contributed by atoms with Gasteiger partial charge in [0.15, 0.2) is 0 Å². The maximum Gasteiger partial charge on any atom is 0.276 e. The first kappa shape index (κ1) is 17.0. The molecule has 0 aliphatic rings. The van der Waals surface area contributed by atoms with Crippen molar-refractivity contribution in [3.8, 4) is 17.2 Å². The van der Waals surface area contributed by atoms with Crippen LogP contribution in [-0.4, -0.2) is 22.6 Å². The summed E-state index contributed by atoms with van der Waals surface area (Å²) in [6.45, 7) is 4.69. The van der Waals surface area contributed by atoms with Crippen LogP contribution in [0.15, 0.2) is 56.6 Å². The Kier molecular flexibility index (Phi) is 5.58. The number of thioether (sulfide) groups is 1. The fourth-order valence-electron chi connectivity index (χ4n) is 2.16. The van der Waals surface area contributed by atoms with Crippen LogP contribution in [0.4, 0.5) is 0 Å². The SMILES string of the molecule is Cc1ccc(C)c(OCCSc2nnc(-c3ccccc3Br)o2)c1. The van der Waals surface area contributed by atoms with Crippen LogP contribution in [0.2, 0.25) is 0 Å². The van der Waals surface area contributed by atoms with Gasteiger partial charge < -0.3 is 9.15 Å². The molecule has 0 saturated heterocycles. The molecule has 6 heteroatoms. The standard InChI is InChI=1S/C18H17BrN2O2S/c1-12-7-8-13(2)16(11-12)22-9-10-24-18-21-20-17(23-18)14-5-3-4-6-15(14)19/h3-8,11H,9-10H2,1-2H3. The lowest BCUT2D eigenvalue weighted by Gasteiger charge is -2.08. The average molecular weight is 405 g/mol. The molecule has 3 rings (SSSR count). The molecule has 0 fully saturated rings. The van der Waals surface area contributed by atoms with Gasteiger partial charge in [0.25, 0.3) is 5.22 Å². The van der Waals surface area contributed by atoms with E-state index < -0.39 is 0 Å². The Balaban J connectivity index is 1.55. The largest absolute Gasteiger partial charge is 0.492 e. The number of benzene rings is 2. The maximum atomic E-state index is 5.83. The minimum Gasteiger partial charge on any atom is -0.492 e. The number of aromatic nitrogens is 2. The molecule has 2 aromatic carbocycles. The molecule has 24 heavy (non-hydrogen) atoms. The van der Waals surface area contributed by atoms with Crippen molar-refractivity contribution in [3.63, 3.8) is 0 Å². The Bertz CT molecular complexity index is 835. The quantitative estimate of drug-likeness (QED) is 0.412. The van der Waals surface area contributed by atoms with Crippen LogP contribution in [0, 0.1) is 13.8 Å². The van der Waals surface area contributed by atoms with Crippen molar-refractivity contribution in [3.05, 3.63) is 58.1 Å². The lowest BCUT2D eigenvalue weighted by molar-refractivity contribution is 0.340. The molecule has 0 radical (unpaired) electrons. The Morgan fingerprint density at radius 2 is 1.96 bits per heavy atom. The first-order valence-corrected chi connectivity index (χ1v) is 9.32. The summed E-state index contributed by atoms with van der Waals surface area (Å²) in [5.41, 5.74) is 3.22. The van der Waals surface area contributed by atoms with E-state index in [1.54, 1.807) is 0 Å². The van der Waals surface area contributed by atoms with Gasteiger partial charge in [-0.3, -0.25) is 0 Å². The fourth-order valence-corrected chi connectivity index (χ4v) is 3.19. The highest BCUT2D eigenvalue weighted by Gasteiger charge is 2.11. The number of halogens is 1. The molecule has 0 bridgehead atoms. The van der Waals surface area contributed by atoms with Crippen LogP contribution in [0.25, 0.3) is 11.5 Å². The highest BCUT2D eigenvalue weighted by Crippen LogP contribution is 2.29. The topological polar surface area (TPSA) is 48.2 Å². The van der Waals surface area contributed by atoms with E-state index in [2.05, 4.69) is 51.3 Å². The Labute approximate surface area is 153 Å². The minimum atomic E-state index is 0.514. The van der Waals surface area contributed by atoms with Crippen LogP contribution < -0.4 is 4.74 Å². The van der Waals surface area contributed by atoms with Crippen LogP contribution in [0.1, 0.15) is 11.1 Å². The molecule has 124 valence electrons. The van der Waals surface area contributed by atoms with E-state index in [1.807, 2.05) is 31.2 Å². The summed E-state index contributed by atoms with van der Waals surface area (Å²) in [6.07, 6.45) is 0. The number of hydrogen-bond acceptors (Lipinski definition) is 5. The van der Waals surface area contributed by atoms with E-state index in [9.17, 15) is 0 Å². The fraction of sp³-hybridized carbons (Fsp3) is 0.222. The number of nitrogens with zero attached hydrogens (tertiary/aromatic N) is 2. The number of rotatable bonds is 6. The van der Waals surface area contributed by atoms with Gasteiger partial charge in [-0.25, -0.2) is 0 Å². The van der Waals surface area contributed by atoms with E-state index in [1.165, 1.54) is 17.3 Å². The minimum absolute atomic E-state index is 0.514. The molecule has 0 aliphatic heterocycles. The van der Waals surface area contributed by atoms with Crippen molar-refractivity contribution in [1.29, 1.82) is 0 Å². The lowest BCUT2D eigenvalue weighted by atomic mass is 10.1. The number of hydrogen-bond donors (Lipinski definition) is 0. The zero-order chi connectivity index (χ0) is 16.9. The van der Waals surface area contributed by atoms with Crippen LogP contribution in [0.3, 0.4) is 0 Å². The van der Waals surface area contributed by atoms with Gasteiger partial charge in [-0.2, -0.15) is 0 Å². The zero-order valence-corrected chi connectivity index (χ0v) is 15.9. The second kappa shape index (κ2) is 7.85. The normalized spacial score (nSPS) is 10.8. The third kappa shape index (κ3) is 4.19. The van der Waals surface area contributed by atoms with Crippen molar-refractivity contribution in [2.75, 3.05) is 12.4 Å². The maximum absolute atomic E-state index is 5.83. The van der Waals surface area contributed by atoms with E-state index in [4.69, 9.17) is 9.15 Å². The molecule has 0 unspecified atom stereocenters. The van der Waals surface area contributed by atoms with Gasteiger partial charge in [0.2, 0.25) is 5.89 Å². The van der Waals surface area contributed by atoms with Gasteiger partial charge in [-0.05, 0) is 59.1 Å². The van der Waals surface area contributed by atoms with Gasteiger partial charge in [-0.15, -0.1) is 10.2 Å². The molecule has 1 heterocycles. The van der Waals surface area contributed by atoms with E-state index >= 15 is 0 Å². The van der Waals surface area contributed by atoms with Gasteiger partial charge in [0.05, 0.1) is 12.2 Å². The summed E-state index contributed by atoms with van der Waals surface area (Å²) < 4.78 is 12.5. The summed E-state index contributed by atoms with van der Waals surface area (Å²) in [6, 6.07) is 14.0. The molecule has 0 amide bonds. The Hall–Kier alpha value is -1.79. The molecule has 0 aliphatic carbocycles. The van der Waals surface area contributed by atoms with E-state index in [-0.39, 0.29) is 0 Å². The van der Waals surface area contributed by atoms with Crippen molar-refractivity contribution in [2.24, 2.45) is 0 Å². The predicted octanol–water partition coefficient (Wildman–Crippen LogP) is 5.29. The molecular formula is C18H17BrN2O2S. The van der Waals surface area contributed by atoms with Crippen LogP contribution >= 0.6 is 27.7 Å². The molecule has 0 saturated carbocycles. The van der Waals surface area contributed by atoms with Gasteiger partial charge in [0, 0.05) is 10.2 Å². The molecule has 0 atom stereocenters. The second-order valence-corrected chi connectivity index (χ2v) is 7.22. The molecule has 4 nitrogen and oxygen atoms in total. The first-order valence-electron chi connectivity index (χ1n) is 7.55. The molecule has 0 N–H and O–H groups in total.